The Morgan fingerprint density at radius 3 is 2.39 bits per heavy atom. The molecule has 11 heteroatoms. The number of aromatic nitrogens is 1. The van der Waals surface area contributed by atoms with Gasteiger partial charge in [0, 0.05) is 11.3 Å². The first-order valence-electron chi connectivity index (χ1n) is 11.6. The molecule has 0 saturated heterocycles. The van der Waals surface area contributed by atoms with Gasteiger partial charge in [0.1, 0.15) is 6.04 Å². The molecule has 1 aliphatic rings. The van der Waals surface area contributed by atoms with Crippen molar-refractivity contribution in [3.05, 3.63) is 66.7 Å². The van der Waals surface area contributed by atoms with Gasteiger partial charge < -0.3 is 28.8 Å². The highest BCUT2D eigenvalue weighted by Gasteiger charge is 2.32. The molecule has 1 N–H and O–H groups in total. The number of phenolic OH excluding ortho intramolecular Hbond substituents is 1. The molecule has 2 heterocycles. The molecule has 200 valence electrons. The van der Waals surface area contributed by atoms with E-state index in [9.17, 15) is 14.7 Å². The number of thiazole rings is 1. The molecule has 0 amide bonds. The Morgan fingerprint density at radius 2 is 1.76 bits per heavy atom. The van der Waals surface area contributed by atoms with Crippen molar-refractivity contribution in [1.29, 1.82) is 0 Å². The number of nitrogens with zero attached hydrogens (tertiary/aromatic N) is 2. The summed E-state index contributed by atoms with van der Waals surface area (Å²) < 4.78 is 28.7. The lowest BCUT2D eigenvalue weighted by molar-refractivity contribution is -0.138. The third-order valence-corrected chi connectivity index (χ3v) is 7.06. The number of aromatic hydroxyl groups is 1. The predicted molar refractivity (Wildman–Crippen MR) is 142 cm³/mol. The van der Waals surface area contributed by atoms with Crippen molar-refractivity contribution in [3.8, 4) is 28.7 Å². The molecule has 3 aromatic rings. The summed E-state index contributed by atoms with van der Waals surface area (Å²) in [6, 6.07) is 7.45. The van der Waals surface area contributed by atoms with Gasteiger partial charge in [-0.25, -0.2) is 9.79 Å². The highest BCUT2D eigenvalue weighted by atomic mass is 32.1. The van der Waals surface area contributed by atoms with E-state index in [4.69, 9.17) is 28.7 Å². The summed E-state index contributed by atoms with van der Waals surface area (Å²) in [6.45, 7) is 3.55. The molecule has 1 atom stereocenters. The number of esters is 1. The summed E-state index contributed by atoms with van der Waals surface area (Å²) in [7, 11) is 5.97. The normalized spacial score (nSPS) is 15.0. The maximum absolute atomic E-state index is 13.6. The Kier molecular flexibility index (Phi) is 7.77. The summed E-state index contributed by atoms with van der Waals surface area (Å²) >= 11 is 1.18. The third kappa shape index (κ3) is 4.60. The van der Waals surface area contributed by atoms with Crippen LogP contribution in [0.15, 0.2) is 45.7 Å². The molecule has 38 heavy (non-hydrogen) atoms. The monoisotopic (exact) mass is 540 g/mol. The number of hydrogen-bond donors (Lipinski definition) is 1. The first-order chi connectivity index (χ1) is 18.3. The minimum atomic E-state index is -0.773. The molecule has 0 fully saturated rings. The van der Waals surface area contributed by atoms with Crippen molar-refractivity contribution in [3.63, 3.8) is 0 Å². The standard InChI is InChI=1S/C27H28N2O8S/c1-7-37-26(32)21-14(2)29-25(31)20(13-16-9-11-18(33-3)24(36-6)23(16)35-5)38-27(29)28-22(21)15-8-10-17(30)19(12-15)34-4/h8-13,22,30H,7H2,1-6H3/b20-13+. The lowest BCUT2D eigenvalue weighted by atomic mass is 9.96. The minimum absolute atomic E-state index is 0.0424. The Labute approximate surface area is 222 Å². The van der Waals surface area contributed by atoms with Crippen molar-refractivity contribution in [1.82, 2.24) is 4.57 Å². The number of methoxy groups -OCH3 is 4. The Hall–Kier alpha value is -4.25. The zero-order chi connectivity index (χ0) is 27.6. The first kappa shape index (κ1) is 26.8. The molecule has 0 bridgehead atoms. The summed E-state index contributed by atoms with van der Waals surface area (Å²) in [5.41, 5.74) is 1.49. The quantitative estimate of drug-likeness (QED) is 0.434. The number of allylic oxidation sites excluding steroid dienone is 1. The molecule has 2 aromatic carbocycles. The van der Waals surface area contributed by atoms with Crippen LogP contribution in [0.3, 0.4) is 0 Å². The Bertz CT molecular complexity index is 1600. The molecule has 1 unspecified atom stereocenters. The zero-order valence-corrected chi connectivity index (χ0v) is 22.7. The molecule has 1 aliphatic heterocycles. The SMILES string of the molecule is CCOC(=O)C1=C(C)n2c(s/c(=C/c3ccc(OC)c(OC)c3OC)c2=O)=NC1c1ccc(O)c(OC)c1. The molecular formula is C27H28N2O8S. The number of rotatable bonds is 8. The first-order valence-corrected chi connectivity index (χ1v) is 12.5. The summed E-state index contributed by atoms with van der Waals surface area (Å²) in [5.74, 6) is 0.914. The van der Waals surface area contributed by atoms with Gasteiger partial charge in [0.25, 0.3) is 5.56 Å². The van der Waals surface area contributed by atoms with Crippen LogP contribution in [0.25, 0.3) is 11.8 Å². The van der Waals surface area contributed by atoms with Gasteiger partial charge in [0.15, 0.2) is 27.8 Å². The number of hydrogen-bond acceptors (Lipinski definition) is 10. The van der Waals surface area contributed by atoms with Gasteiger partial charge >= 0.3 is 5.97 Å². The highest BCUT2D eigenvalue weighted by molar-refractivity contribution is 7.07. The van der Waals surface area contributed by atoms with Crippen LogP contribution in [-0.4, -0.2) is 50.7 Å². The number of carbonyl (C=O) groups excluding carboxylic acids is 1. The predicted octanol–water partition coefficient (Wildman–Crippen LogP) is 2.65. The molecule has 10 nitrogen and oxygen atoms in total. The van der Waals surface area contributed by atoms with Gasteiger partial charge in [-0.3, -0.25) is 9.36 Å². The molecule has 0 aliphatic carbocycles. The topological polar surface area (TPSA) is 118 Å². The van der Waals surface area contributed by atoms with Crippen LogP contribution >= 0.6 is 11.3 Å². The largest absolute Gasteiger partial charge is 0.504 e. The zero-order valence-electron chi connectivity index (χ0n) is 21.9. The van der Waals surface area contributed by atoms with Crippen LogP contribution in [-0.2, 0) is 9.53 Å². The maximum atomic E-state index is 13.6. The van der Waals surface area contributed by atoms with E-state index in [0.29, 0.717) is 43.4 Å². The van der Waals surface area contributed by atoms with E-state index in [-0.39, 0.29) is 29.2 Å². The van der Waals surface area contributed by atoms with E-state index in [2.05, 4.69) is 0 Å². The number of benzene rings is 2. The van der Waals surface area contributed by atoms with Crippen molar-refractivity contribution >= 4 is 29.1 Å². The van der Waals surface area contributed by atoms with E-state index >= 15 is 0 Å². The fourth-order valence-corrected chi connectivity index (χ4v) is 5.33. The average molecular weight is 541 g/mol. The van der Waals surface area contributed by atoms with E-state index in [1.165, 1.54) is 50.4 Å². The smallest absolute Gasteiger partial charge is 0.338 e. The minimum Gasteiger partial charge on any atom is -0.504 e. The van der Waals surface area contributed by atoms with Gasteiger partial charge in [-0.2, -0.15) is 0 Å². The van der Waals surface area contributed by atoms with Gasteiger partial charge in [0.05, 0.1) is 45.2 Å². The second-order valence-corrected chi connectivity index (χ2v) is 9.15. The summed E-state index contributed by atoms with van der Waals surface area (Å²) in [5, 5.41) is 10.1. The van der Waals surface area contributed by atoms with Gasteiger partial charge in [-0.05, 0) is 49.8 Å². The summed E-state index contributed by atoms with van der Waals surface area (Å²) in [6.07, 6.45) is 1.69. The lowest BCUT2D eigenvalue weighted by Crippen LogP contribution is -2.35. The molecule has 0 radical (unpaired) electrons. The molecule has 1 aromatic heterocycles. The Morgan fingerprint density at radius 1 is 1.05 bits per heavy atom. The van der Waals surface area contributed by atoms with Crippen LogP contribution in [0.1, 0.15) is 31.0 Å². The molecular weight excluding hydrogens is 512 g/mol. The van der Waals surface area contributed by atoms with Crippen LogP contribution in [0.4, 0.5) is 0 Å². The molecule has 0 saturated carbocycles. The highest BCUT2D eigenvalue weighted by Crippen LogP contribution is 2.40. The van der Waals surface area contributed by atoms with E-state index in [1.807, 2.05) is 0 Å². The van der Waals surface area contributed by atoms with Crippen molar-refractivity contribution in [2.24, 2.45) is 4.99 Å². The van der Waals surface area contributed by atoms with Crippen molar-refractivity contribution < 1.29 is 33.6 Å². The van der Waals surface area contributed by atoms with E-state index < -0.39 is 12.0 Å². The number of carbonyl (C=O) groups is 1. The second kappa shape index (κ2) is 11.0. The van der Waals surface area contributed by atoms with Gasteiger partial charge in [-0.1, -0.05) is 17.4 Å². The third-order valence-electron chi connectivity index (χ3n) is 6.08. The van der Waals surface area contributed by atoms with Crippen LogP contribution < -0.4 is 33.8 Å². The fraction of sp³-hybridized carbons (Fsp3) is 0.296. The fourth-order valence-electron chi connectivity index (χ4n) is 4.30. The van der Waals surface area contributed by atoms with E-state index in [0.717, 1.165) is 0 Å². The van der Waals surface area contributed by atoms with Crippen LogP contribution in [0, 0.1) is 0 Å². The number of ether oxygens (including phenoxy) is 5. The Balaban J connectivity index is 1.97. The average Bonchev–Trinajstić information content (AvgIpc) is 3.23. The van der Waals surface area contributed by atoms with Crippen molar-refractivity contribution in [2.45, 2.75) is 19.9 Å². The van der Waals surface area contributed by atoms with Crippen LogP contribution in [0.2, 0.25) is 0 Å². The number of phenols is 1. The second-order valence-electron chi connectivity index (χ2n) is 8.14. The van der Waals surface area contributed by atoms with Gasteiger partial charge in [0.2, 0.25) is 5.75 Å². The summed E-state index contributed by atoms with van der Waals surface area (Å²) in [4.78, 5) is 31.8. The maximum Gasteiger partial charge on any atom is 0.338 e. The lowest BCUT2D eigenvalue weighted by Gasteiger charge is -2.22. The van der Waals surface area contributed by atoms with Crippen LogP contribution in [0.5, 0.6) is 28.7 Å². The molecule has 4 rings (SSSR count). The van der Waals surface area contributed by atoms with Crippen molar-refractivity contribution in [2.75, 3.05) is 35.0 Å². The van der Waals surface area contributed by atoms with E-state index in [1.54, 1.807) is 44.2 Å². The number of fused-ring (bicyclic) bond motifs is 1. The molecule has 0 spiro atoms. The van der Waals surface area contributed by atoms with Gasteiger partial charge in [-0.15, -0.1) is 0 Å².